The van der Waals surface area contributed by atoms with Crippen LogP contribution in [0.5, 0.6) is 0 Å². The van der Waals surface area contributed by atoms with Crippen molar-refractivity contribution < 1.29 is 0 Å². The minimum atomic E-state index is 0.344. The van der Waals surface area contributed by atoms with Gasteiger partial charge in [0.2, 0.25) is 0 Å². The largest absolute Gasteiger partial charge is 0.368 e. The number of nitrogens with one attached hydrogen (secondary N) is 1. The quantitative estimate of drug-likeness (QED) is 0.527. The predicted octanol–water partition coefficient (Wildman–Crippen LogP) is 2.76. The van der Waals surface area contributed by atoms with E-state index in [9.17, 15) is 0 Å². The van der Waals surface area contributed by atoms with E-state index in [0.717, 1.165) is 5.84 Å². The molecule has 0 spiro atoms. The van der Waals surface area contributed by atoms with Gasteiger partial charge in [0.25, 0.3) is 0 Å². The molecule has 0 bridgehead atoms. The van der Waals surface area contributed by atoms with Gasteiger partial charge in [-0.3, -0.25) is 4.99 Å². The summed E-state index contributed by atoms with van der Waals surface area (Å²) in [5, 5.41) is 3.34. The molecule has 0 aliphatic carbocycles. The van der Waals surface area contributed by atoms with Crippen molar-refractivity contribution in [3.8, 4) is 0 Å². The van der Waals surface area contributed by atoms with Gasteiger partial charge in [0.15, 0.2) is 0 Å². The first kappa shape index (κ1) is 12.2. The molecule has 2 nitrogen and oxygen atoms in total. The zero-order chi connectivity index (χ0) is 10.4. The molecule has 0 radical (unpaired) electrons. The molecule has 0 unspecified atom stereocenters. The van der Waals surface area contributed by atoms with Gasteiger partial charge in [0, 0.05) is 12.1 Å². The van der Waals surface area contributed by atoms with Gasteiger partial charge in [0.05, 0.1) is 0 Å². The van der Waals surface area contributed by atoms with E-state index in [1.807, 2.05) is 6.92 Å². The molecule has 0 rings (SSSR count). The second-order valence-corrected chi connectivity index (χ2v) is 3.84. The summed E-state index contributed by atoms with van der Waals surface area (Å²) in [6.07, 6.45) is 2.08. The third-order valence-corrected chi connectivity index (χ3v) is 1.62. The Morgan fingerprint density at radius 3 is 2.08 bits per heavy atom. The lowest BCUT2D eigenvalue weighted by Gasteiger charge is -2.14. The van der Waals surface area contributed by atoms with Crippen LogP contribution in [0.4, 0.5) is 0 Å². The number of hydrogen-bond acceptors (Lipinski definition) is 1. The van der Waals surface area contributed by atoms with Crippen LogP contribution in [-0.2, 0) is 0 Å². The van der Waals surface area contributed by atoms with Gasteiger partial charge in [-0.15, -0.1) is 0 Å². The Bertz CT molecular complexity index is 200. The minimum Gasteiger partial charge on any atom is -0.368 e. The maximum Gasteiger partial charge on any atom is 0.123 e. The van der Waals surface area contributed by atoms with Crippen LogP contribution in [0.1, 0.15) is 41.5 Å². The summed E-state index contributed by atoms with van der Waals surface area (Å²) in [6, 6.07) is 0.781. The van der Waals surface area contributed by atoms with Crippen LogP contribution >= 0.6 is 0 Å². The lowest BCUT2D eigenvalue weighted by molar-refractivity contribution is 0.718. The zero-order valence-corrected chi connectivity index (χ0v) is 9.68. The van der Waals surface area contributed by atoms with Gasteiger partial charge in [-0.1, -0.05) is 6.08 Å². The van der Waals surface area contributed by atoms with Crippen LogP contribution in [0.15, 0.2) is 16.6 Å². The van der Waals surface area contributed by atoms with Crippen molar-refractivity contribution in [1.82, 2.24) is 5.32 Å². The Labute approximate surface area is 82.1 Å². The SMILES string of the molecule is C/C=C(/C)C(=NC(C)C)NC(C)C. The van der Waals surface area contributed by atoms with Crippen LogP contribution in [0.3, 0.4) is 0 Å². The molecule has 1 N–H and O–H groups in total. The summed E-state index contributed by atoms with van der Waals surface area (Å²) in [4.78, 5) is 4.53. The van der Waals surface area contributed by atoms with Gasteiger partial charge in [-0.2, -0.15) is 0 Å². The summed E-state index contributed by atoms with van der Waals surface area (Å²) < 4.78 is 0. The third kappa shape index (κ3) is 5.45. The van der Waals surface area contributed by atoms with Gasteiger partial charge in [0.1, 0.15) is 5.84 Å². The average molecular weight is 182 g/mol. The van der Waals surface area contributed by atoms with Crippen LogP contribution in [0.25, 0.3) is 0 Å². The van der Waals surface area contributed by atoms with Gasteiger partial charge >= 0.3 is 0 Å². The Kier molecular flexibility index (Phi) is 5.44. The monoisotopic (exact) mass is 182 g/mol. The molecule has 0 amide bonds. The molecule has 0 aliphatic heterocycles. The average Bonchev–Trinajstić information content (AvgIpc) is 2.00. The van der Waals surface area contributed by atoms with Crippen molar-refractivity contribution in [1.29, 1.82) is 0 Å². The molecule has 13 heavy (non-hydrogen) atoms. The third-order valence-electron chi connectivity index (χ3n) is 1.62. The molecule has 0 saturated carbocycles. The fourth-order valence-electron chi connectivity index (χ4n) is 0.921. The van der Waals surface area contributed by atoms with E-state index in [4.69, 9.17) is 0 Å². The summed E-state index contributed by atoms with van der Waals surface area (Å²) >= 11 is 0. The highest BCUT2D eigenvalue weighted by Crippen LogP contribution is 1.99. The molecule has 0 heterocycles. The van der Waals surface area contributed by atoms with Crippen molar-refractivity contribution in [2.24, 2.45) is 4.99 Å². The van der Waals surface area contributed by atoms with Gasteiger partial charge in [-0.05, 0) is 47.1 Å². The highest BCUT2D eigenvalue weighted by Gasteiger charge is 2.03. The van der Waals surface area contributed by atoms with Crippen molar-refractivity contribution in [3.05, 3.63) is 11.6 Å². The molecule has 0 aromatic heterocycles. The molecule has 0 saturated heterocycles. The van der Waals surface area contributed by atoms with E-state index in [-0.39, 0.29) is 0 Å². The van der Waals surface area contributed by atoms with Crippen molar-refractivity contribution in [2.75, 3.05) is 0 Å². The zero-order valence-electron chi connectivity index (χ0n) is 9.68. The molecule has 0 atom stereocenters. The summed E-state index contributed by atoms with van der Waals surface area (Å²) in [5.74, 6) is 1.02. The fourth-order valence-corrected chi connectivity index (χ4v) is 0.921. The highest BCUT2D eigenvalue weighted by atomic mass is 15.0. The topological polar surface area (TPSA) is 24.4 Å². The minimum absolute atomic E-state index is 0.344. The molecular formula is C11H22N2. The standard InChI is InChI=1S/C11H22N2/c1-7-10(6)11(12-8(2)3)13-9(4)5/h7-9H,1-6H3,(H,12,13)/b10-7-. The lowest BCUT2D eigenvalue weighted by atomic mass is 10.2. The first-order valence-corrected chi connectivity index (χ1v) is 4.95. The van der Waals surface area contributed by atoms with Crippen molar-refractivity contribution >= 4 is 5.84 Å². The van der Waals surface area contributed by atoms with E-state index in [1.165, 1.54) is 5.57 Å². The maximum absolute atomic E-state index is 4.53. The predicted molar refractivity (Wildman–Crippen MR) is 60.3 cm³/mol. The van der Waals surface area contributed by atoms with Gasteiger partial charge < -0.3 is 5.32 Å². The summed E-state index contributed by atoms with van der Waals surface area (Å²) in [7, 11) is 0. The number of hydrogen-bond donors (Lipinski definition) is 1. The summed E-state index contributed by atoms with van der Waals surface area (Å²) in [6.45, 7) is 12.5. The number of nitrogens with zero attached hydrogens (tertiary/aromatic N) is 1. The van der Waals surface area contributed by atoms with Crippen LogP contribution in [0.2, 0.25) is 0 Å². The van der Waals surface area contributed by atoms with E-state index in [2.05, 4.69) is 51.0 Å². The number of allylic oxidation sites excluding steroid dienone is 1. The van der Waals surface area contributed by atoms with Crippen LogP contribution in [0, 0.1) is 0 Å². The lowest BCUT2D eigenvalue weighted by Crippen LogP contribution is -2.31. The number of aliphatic imine (C=N–C) groups is 1. The van der Waals surface area contributed by atoms with Crippen molar-refractivity contribution in [3.63, 3.8) is 0 Å². The molecule has 0 aromatic rings. The highest BCUT2D eigenvalue weighted by molar-refractivity contribution is 5.97. The molecule has 0 fully saturated rings. The Morgan fingerprint density at radius 2 is 1.77 bits per heavy atom. The molecule has 76 valence electrons. The number of amidine groups is 1. The smallest absolute Gasteiger partial charge is 0.123 e. The maximum atomic E-state index is 4.53. The molecule has 2 heteroatoms. The Morgan fingerprint density at radius 1 is 1.23 bits per heavy atom. The Balaban J connectivity index is 4.56. The fraction of sp³-hybridized carbons (Fsp3) is 0.727. The Hall–Kier alpha value is -0.790. The van der Waals surface area contributed by atoms with Gasteiger partial charge in [-0.25, -0.2) is 0 Å². The molecular weight excluding hydrogens is 160 g/mol. The first-order valence-electron chi connectivity index (χ1n) is 4.95. The van der Waals surface area contributed by atoms with E-state index < -0.39 is 0 Å². The molecule has 0 aromatic carbocycles. The van der Waals surface area contributed by atoms with E-state index in [0.29, 0.717) is 12.1 Å². The first-order chi connectivity index (χ1) is 5.97. The van der Waals surface area contributed by atoms with Crippen LogP contribution in [-0.4, -0.2) is 17.9 Å². The summed E-state index contributed by atoms with van der Waals surface area (Å²) in [5.41, 5.74) is 1.21. The number of rotatable bonds is 3. The second-order valence-electron chi connectivity index (χ2n) is 3.84. The molecule has 0 aliphatic rings. The van der Waals surface area contributed by atoms with Crippen molar-refractivity contribution in [2.45, 2.75) is 53.6 Å². The second kappa shape index (κ2) is 5.79. The normalized spacial score (nSPS) is 14.2. The van der Waals surface area contributed by atoms with E-state index >= 15 is 0 Å². The van der Waals surface area contributed by atoms with Crippen LogP contribution < -0.4 is 5.32 Å². The van der Waals surface area contributed by atoms with E-state index in [1.54, 1.807) is 0 Å².